The monoisotopic (exact) mass is 1050 g/mol. The molecule has 0 fully saturated rings. The van der Waals surface area contributed by atoms with Gasteiger partial charge in [0.15, 0.2) is 0 Å². The SMILES string of the molecule is CC(C)(C)C(=O)CC(=O)C(F)(F)C(F)(F)C(F)(F)F.CC(C)(C)C(=O)CC(=O)C(F)(F)C(F)(F)C(F)(F)F.CC(C)(C)C(=O)CC(=O)C(F)(F)C(F)(F)C(F)(F)F.[Er]. The van der Waals surface area contributed by atoms with E-state index in [-0.39, 0.29) is 37.3 Å². The molecule has 0 aliphatic rings. The molecule has 0 saturated carbocycles. The van der Waals surface area contributed by atoms with Crippen molar-refractivity contribution in [1.82, 2.24) is 0 Å². The first-order valence-corrected chi connectivity index (χ1v) is 14.8. The van der Waals surface area contributed by atoms with E-state index in [0.29, 0.717) is 0 Å². The number of carbonyl (C=O) groups excluding carboxylic acids is 6. The third kappa shape index (κ3) is 15.1. The first kappa shape index (κ1) is 62.4. The number of halogens is 21. The fraction of sp³-hybridized carbons (Fsp3) is 0.800. The Hall–Kier alpha value is -2.20. The van der Waals surface area contributed by atoms with Crippen LogP contribution in [0, 0.1) is 53.6 Å². The third-order valence-electron chi connectivity index (χ3n) is 6.77. The average Bonchev–Trinajstić information content (AvgIpc) is 2.93. The number of ketones is 6. The molecule has 0 radical (unpaired) electrons. The zero-order valence-corrected chi connectivity index (χ0v) is 32.6. The van der Waals surface area contributed by atoms with Gasteiger partial charge in [0.05, 0.1) is 19.3 Å². The number of hydrogen-bond acceptors (Lipinski definition) is 6. The molecule has 0 atom stereocenters. The van der Waals surface area contributed by atoms with Crippen LogP contribution >= 0.6 is 0 Å². The molecule has 0 bridgehead atoms. The van der Waals surface area contributed by atoms with E-state index in [1.807, 2.05) is 0 Å². The van der Waals surface area contributed by atoms with Crippen LogP contribution in [0.15, 0.2) is 0 Å². The maximum absolute atomic E-state index is 12.9. The van der Waals surface area contributed by atoms with E-state index in [1.165, 1.54) is 62.3 Å². The van der Waals surface area contributed by atoms with Crippen LogP contribution in [-0.2, 0) is 28.8 Å². The molecule has 0 aromatic heterocycles. The fourth-order valence-electron chi connectivity index (χ4n) is 2.63. The first-order chi connectivity index (χ1) is 24.1. The van der Waals surface area contributed by atoms with Gasteiger partial charge in [0.25, 0.3) is 0 Å². The number of hydrogen-bond donors (Lipinski definition) is 0. The van der Waals surface area contributed by atoms with Gasteiger partial charge < -0.3 is 0 Å². The molecule has 0 unspecified atom stereocenters. The second-order valence-corrected chi connectivity index (χ2v) is 14.8. The molecule has 0 spiro atoms. The largest absolute Gasteiger partial charge is 0.460 e. The van der Waals surface area contributed by atoms with E-state index in [1.54, 1.807) is 0 Å². The van der Waals surface area contributed by atoms with Crippen molar-refractivity contribution < 1.29 is 158 Å². The van der Waals surface area contributed by atoms with E-state index in [2.05, 4.69) is 0 Å². The summed E-state index contributed by atoms with van der Waals surface area (Å²) in [5.74, 6) is -49.2. The maximum atomic E-state index is 12.9. The Morgan fingerprint density at radius 1 is 0.276 bits per heavy atom. The molecule has 0 aliphatic carbocycles. The molecule has 348 valence electrons. The van der Waals surface area contributed by atoms with Crippen molar-refractivity contribution in [2.45, 2.75) is 136 Å². The van der Waals surface area contributed by atoms with Crippen LogP contribution in [0.2, 0.25) is 0 Å². The van der Waals surface area contributed by atoms with E-state index in [9.17, 15) is 121 Å². The summed E-state index contributed by atoms with van der Waals surface area (Å²) in [6.45, 7) is 10.9. The van der Waals surface area contributed by atoms with Crippen molar-refractivity contribution >= 4 is 34.7 Å². The zero-order chi connectivity index (χ0) is 47.6. The summed E-state index contributed by atoms with van der Waals surface area (Å²) < 4.78 is 258. The minimum absolute atomic E-state index is 0. The van der Waals surface area contributed by atoms with E-state index < -0.39 is 124 Å². The molecule has 0 aliphatic heterocycles. The molecule has 28 heteroatoms. The summed E-state index contributed by atoms with van der Waals surface area (Å²) in [5.41, 5.74) is -3.92. The Labute approximate surface area is 343 Å². The molecule has 58 heavy (non-hydrogen) atoms. The number of Topliss-reactive ketones (excluding diaryl/α,β-unsaturated/α-hetero) is 6. The minimum atomic E-state index is -6.59. The second-order valence-electron chi connectivity index (χ2n) is 14.8. The Kier molecular flexibility index (Phi) is 20.7. The van der Waals surface area contributed by atoms with Crippen molar-refractivity contribution in [2.75, 3.05) is 0 Å². The molecule has 0 heterocycles. The summed E-state index contributed by atoms with van der Waals surface area (Å²) in [6, 6.07) is 0. The molecule has 0 aromatic rings. The summed E-state index contributed by atoms with van der Waals surface area (Å²) >= 11 is 0. The number of carbonyl (C=O) groups is 6. The summed E-state index contributed by atoms with van der Waals surface area (Å²) in [5, 5.41) is 0. The van der Waals surface area contributed by atoms with Crippen molar-refractivity contribution in [3.8, 4) is 0 Å². The van der Waals surface area contributed by atoms with Crippen LogP contribution in [0.25, 0.3) is 0 Å². The van der Waals surface area contributed by atoms with Crippen molar-refractivity contribution in [2.24, 2.45) is 16.2 Å². The van der Waals surface area contributed by atoms with Gasteiger partial charge in [-0.1, -0.05) is 62.3 Å². The molecule has 6 nitrogen and oxygen atoms in total. The molecular weight excluding hydrogens is 1020 g/mol. The molecule has 0 aromatic carbocycles. The maximum Gasteiger partial charge on any atom is 0.460 e. The third-order valence-corrected chi connectivity index (χ3v) is 6.77. The summed E-state index contributed by atoms with van der Waals surface area (Å²) in [7, 11) is 0. The molecular formula is C30H33ErF21O6. The van der Waals surface area contributed by atoms with Crippen LogP contribution in [0.5, 0.6) is 0 Å². The quantitative estimate of drug-likeness (QED) is 0.143. The van der Waals surface area contributed by atoms with Gasteiger partial charge in [-0.2, -0.15) is 92.2 Å². The first-order valence-electron chi connectivity index (χ1n) is 14.8. The van der Waals surface area contributed by atoms with Crippen LogP contribution in [0.1, 0.15) is 81.6 Å². The molecule has 0 saturated heterocycles. The van der Waals surface area contributed by atoms with Crippen LogP contribution in [-0.4, -0.2) is 88.8 Å². The topological polar surface area (TPSA) is 102 Å². The standard InChI is InChI=1S/3C10H11F7O2.Er/c3*1-7(2,3)5(18)4-6(19)8(11,12)9(13,14)10(15,16)17;/h3*4H2,1-3H3;. The normalized spacial score (nSPS) is 14.2. The van der Waals surface area contributed by atoms with Crippen molar-refractivity contribution in [1.29, 1.82) is 0 Å². The van der Waals surface area contributed by atoms with E-state index in [4.69, 9.17) is 0 Å². The Morgan fingerprint density at radius 2 is 0.397 bits per heavy atom. The predicted molar refractivity (Wildman–Crippen MR) is 150 cm³/mol. The second kappa shape index (κ2) is 19.2. The van der Waals surface area contributed by atoms with Crippen molar-refractivity contribution in [3.05, 3.63) is 0 Å². The fourth-order valence-corrected chi connectivity index (χ4v) is 2.63. The van der Waals surface area contributed by atoms with Gasteiger partial charge >= 0.3 is 54.1 Å². The van der Waals surface area contributed by atoms with E-state index in [0.717, 1.165) is 0 Å². The van der Waals surface area contributed by atoms with Gasteiger partial charge in [-0.3, -0.25) is 28.8 Å². The minimum Gasteiger partial charge on any atom is -0.299 e. The van der Waals surface area contributed by atoms with Gasteiger partial charge in [-0.05, 0) is 0 Å². The number of alkyl halides is 21. The smallest absolute Gasteiger partial charge is 0.299 e. The molecule has 0 N–H and O–H groups in total. The van der Waals surface area contributed by atoms with Gasteiger partial charge in [0, 0.05) is 53.6 Å². The average molecular weight is 1060 g/mol. The summed E-state index contributed by atoms with van der Waals surface area (Å²) in [4.78, 5) is 66.2. The Morgan fingerprint density at radius 3 is 0.483 bits per heavy atom. The molecule has 0 rings (SSSR count). The van der Waals surface area contributed by atoms with Crippen LogP contribution in [0.4, 0.5) is 92.2 Å². The molecule has 0 amide bonds. The van der Waals surface area contributed by atoms with Crippen LogP contribution in [0.3, 0.4) is 0 Å². The van der Waals surface area contributed by atoms with Gasteiger partial charge in [-0.15, -0.1) is 0 Å². The van der Waals surface area contributed by atoms with Gasteiger partial charge in [0.2, 0.25) is 17.3 Å². The van der Waals surface area contributed by atoms with Crippen molar-refractivity contribution in [3.63, 3.8) is 0 Å². The van der Waals surface area contributed by atoms with Gasteiger partial charge in [0.1, 0.15) is 17.3 Å². The Balaban J connectivity index is -0.000000374. The van der Waals surface area contributed by atoms with Crippen LogP contribution < -0.4 is 0 Å². The van der Waals surface area contributed by atoms with E-state index >= 15 is 0 Å². The summed E-state index contributed by atoms with van der Waals surface area (Å²) in [6.07, 6.45) is -24.8. The predicted octanol–water partition coefficient (Wildman–Crippen LogP) is 10.2. The zero-order valence-electron chi connectivity index (χ0n) is 30.8. The van der Waals surface area contributed by atoms with Gasteiger partial charge in [-0.25, -0.2) is 0 Å². The number of rotatable bonds is 12. The Bertz CT molecular complexity index is 1310.